The second-order valence-corrected chi connectivity index (χ2v) is 8.74. The van der Waals surface area contributed by atoms with E-state index in [1.165, 1.54) is 5.56 Å². The molecular weight excluding hydrogens is 402 g/mol. The van der Waals surface area contributed by atoms with Crippen LogP contribution in [-0.2, 0) is 6.42 Å². The number of ketones is 1. The van der Waals surface area contributed by atoms with Gasteiger partial charge in [0, 0.05) is 30.6 Å². The number of benzene rings is 2. The Labute approximate surface area is 188 Å². The van der Waals surface area contributed by atoms with Crippen molar-refractivity contribution >= 4 is 11.6 Å². The molecule has 0 aliphatic carbocycles. The minimum Gasteiger partial charge on any atom is -0.497 e. The molecule has 0 amide bonds. The van der Waals surface area contributed by atoms with Gasteiger partial charge in [0.25, 0.3) is 0 Å². The number of carbonyl (C=O) groups excluding carboxylic acids is 1. The van der Waals surface area contributed by atoms with E-state index in [2.05, 4.69) is 34.1 Å². The van der Waals surface area contributed by atoms with E-state index in [9.17, 15) is 4.79 Å². The highest BCUT2D eigenvalue weighted by Gasteiger charge is 2.46. The maximum atomic E-state index is 13.0. The van der Waals surface area contributed by atoms with Gasteiger partial charge in [0.1, 0.15) is 28.7 Å². The summed E-state index contributed by atoms with van der Waals surface area (Å²) in [6, 6.07) is 15.8. The van der Waals surface area contributed by atoms with Crippen LogP contribution in [0.4, 0.5) is 5.82 Å². The Bertz CT molecular complexity index is 1180. The summed E-state index contributed by atoms with van der Waals surface area (Å²) in [6.45, 7) is 5.39. The number of aryl methyl sites for hydroxylation is 2. The first-order valence-electron chi connectivity index (χ1n) is 11.0. The van der Waals surface area contributed by atoms with Crippen LogP contribution < -0.4 is 14.4 Å². The number of ether oxygens (including phenoxy) is 2. The van der Waals surface area contributed by atoms with Crippen molar-refractivity contribution in [2.45, 2.75) is 38.7 Å². The van der Waals surface area contributed by atoms with Crippen LogP contribution in [0.15, 0.2) is 48.5 Å². The lowest BCUT2D eigenvalue weighted by atomic mass is 9.89. The molecule has 32 heavy (non-hydrogen) atoms. The molecule has 6 nitrogen and oxygen atoms in total. The average molecular weight is 430 g/mol. The number of carbonyl (C=O) groups is 1. The summed E-state index contributed by atoms with van der Waals surface area (Å²) >= 11 is 0. The number of nitrogens with zero attached hydrogens (tertiary/aromatic N) is 3. The summed E-state index contributed by atoms with van der Waals surface area (Å²) in [6.07, 6.45) is 1.91. The first-order chi connectivity index (χ1) is 15.5. The van der Waals surface area contributed by atoms with E-state index < -0.39 is 5.60 Å². The normalized spacial score (nSPS) is 19.7. The Balaban J connectivity index is 1.45. The fourth-order valence-electron chi connectivity index (χ4n) is 4.84. The number of aromatic nitrogens is 2. The van der Waals surface area contributed by atoms with Gasteiger partial charge in [-0.05, 0) is 37.6 Å². The third kappa shape index (κ3) is 3.70. The van der Waals surface area contributed by atoms with Crippen molar-refractivity contribution in [1.29, 1.82) is 0 Å². The zero-order chi connectivity index (χ0) is 22.3. The van der Waals surface area contributed by atoms with Crippen LogP contribution in [0, 0.1) is 13.8 Å². The molecular formula is C26H27N3O3. The number of hydrogen-bond acceptors (Lipinski definition) is 6. The maximum absolute atomic E-state index is 13.0. The molecule has 1 atom stereocenters. The predicted octanol–water partition coefficient (Wildman–Crippen LogP) is 4.31. The smallest absolute Gasteiger partial charge is 0.170 e. The minimum absolute atomic E-state index is 0.103. The minimum atomic E-state index is -0.532. The SMILES string of the molecule is COc1ccc2c(c1)C(=O)CC1(CCN(c3nc(C)nc(C)c3Cc3ccccc3)C1)O2. The zero-order valence-corrected chi connectivity index (χ0v) is 18.7. The van der Waals surface area contributed by atoms with E-state index in [1.54, 1.807) is 13.2 Å². The van der Waals surface area contributed by atoms with E-state index in [4.69, 9.17) is 14.5 Å². The van der Waals surface area contributed by atoms with Crippen LogP contribution in [0.3, 0.4) is 0 Å². The molecule has 0 saturated carbocycles. The van der Waals surface area contributed by atoms with Crippen LogP contribution in [0.5, 0.6) is 11.5 Å². The van der Waals surface area contributed by atoms with Gasteiger partial charge in [-0.15, -0.1) is 0 Å². The molecule has 2 aliphatic heterocycles. The number of anilines is 1. The molecule has 3 aromatic rings. The van der Waals surface area contributed by atoms with Gasteiger partial charge in [0.05, 0.1) is 25.6 Å². The molecule has 1 aromatic heterocycles. The Hall–Kier alpha value is -3.41. The van der Waals surface area contributed by atoms with Crippen molar-refractivity contribution in [2.24, 2.45) is 0 Å². The van der Waals surface area contributed by atoms with E-state index in [0.29, 0.717) is 30.0 Å². The largest absolute Gasteiger partial charge is 0.497 e. The van der Waals surface area contributed by atoms with Gasteiger partial charge in [0.15, 0.2) is 5.78 Å². The third-order valence-electron chi connectivity index (χ3n) is 6.44. The molecule has 2 aliphatic rings. The standard InChI is InChI=1S/C26H27N3O3/c1-17-21(13-19-7-5-4-6-8-19)25(28-18(2)27-17)29-12-11-26(16-29)15-23(30)22-14-20(31-3)9-10-24(22)32-26/h4-10,14H,11-13,15-16H2,1-3H3. The predicted molar refractivity (Wildman–Crippen MR) is 123 cm³/mol. The lowest BCUT2D eigenvalue weighted by Crippen LogP contribution is -2.44. The van der Waals surface area contributed by atoms with Crippen molar-refractivity contribution in [3.8, 4) is 11.5 Å². The van der Waals surface area contributed by atoms with E-state index >= 15 is 0 Å². The van der Waals surface area contributed by atoms with Crippen molar-refractivity contribution in [2.75, 3.05) is 25.1 Å². The number of methoxy groups -OCH3 is 1. The molecule has 164 valence electrons. The van der Waals surface area contributed by atoms with E-state index in [1.807, 2.05) is 32.0 Å². The van der Waals surface area contributed by atoms with Gasteiger partial charge in [-0.1, -0.05) is 30.3 Å². The molecule has 0 N–H and O–H groups in total. The quantitative estimate of drug-likeness (QED) is 0.616. The average Bonchev–Trinajstić information content (AvgIpc) is 3.18. The maximum Gasteiger partial charge on any atom is 0.170 e. The molecule has 0 bridgehead atoms. The molecule has 6 heteroatoms. The Kier molecular flexibility index (Phi) is 5.08. The van der Waals surface area contributed by atoms with Crippen molar-refractivity contribution in [1.82, 2.24) is 9.97 Å². The van der Waals surface area contributed by atoms with Crippen LogP contribution in [0.2, 0.25) is 0 Å². The molecule has 1 unspecified atom stereocenters. The lowest BCUT2D eigenvalue weighted by molar-refractivity contribution is 0.0537. The van der Waals surface area contributed by atoms with E-state index in [-0.39, 0.29) is 5.78 Å². The Morgan fingerprint density at radius 2 is 1.94 bits per heavy atom. The van der Waals surface area contributed by atoms with Crippen LogP contribution in [0.25, 0.3) is 0 Å². The summed E-state index contributed by atoms with van der Waals surface area (Å²) < 4.78 is 11.7. The number of rotatable bonds is 4. The second-order valence-electron chi connectivity index (χ2n) is 8.74. The molecule has 1 spiro atoms. The Morgan fingerprint density at radius 1 is 1.12 bits per heavy atom. The zero-order valence-electron chi connectivity index (χ0n) is 18.7. The third-order valence-corrected chi connectivity index (χ3v) is 6.44. The summed E-state index contributed by atoms with van der Waals surface area (Å²) in [7, 11) is 1.60. The number of hydrogen-bond donors (Lipinski definition) is 0. The first-order valence-corrected chi connectivity index (χ1v) is 11.0. The monoisotopic (exact) mass is 429 g/mol. The summed E-state index contributed by atoms with van der Waals surface area (Å²) in [5, 5.41) is 0. The fraction of sp³-hybridized carbons (Fsp3) is 0.346. The summed E-state index contributed by atoms with van der Waals surface area (Å²) in [5.41, 5.74) is 3.42. The van der Waals surface area contributed by atoms with Crippen molar-refractivity contribution in [3.05, 3.63) is 76.7 Å². The summed E-state index contributed by atoms with van der Waals surface area (Å²) in [5.74, 6) is 3.12. The lowest BCUT2D eigenvalue weighted by Gasteiger charge is -2.35. The van der Waals surface area contributed by atoms with Crippen LogP contribution >= 0.6 is 0 Å². The molecule has 1 saturated heterocycles. The molecule has 2 aromatic carbocycles. The fourth-order valence-corrected chi connectivity index (χ4v) is 4.84. The highest BCUT2D eigenvalue weighted by atomic mass is 16.5. The van der Waals surface area contributed by atoms with Crippen molar-refractivity contribution < 1.29 is 14.3 Å². The summed E-state index contributed by atoms with van der Waals surface area (Å²) in [4.78, 5) is 24.7. The number of Topliss-reactive ketones (excluding diaryl/α,β-unsaturated/α-hetero) is 1. The highest BCUT2D eigenvalue weighted by Crippen LogP contribution is 2.41. The van der Waals surface area contributed by atoms with Gasteiger partial charge in [-0.25, -0.2) is 9.97 Å². The molecule has 0 radical (unpaired) electrons. The van der Waals surface area contributed by atoms with Gasteiger partial charge in [-0.3, -0.25) is 4.79 Å². The second kappa shape index (κ2) is 7.93. The first kappa shape index (κ1) is 20.5. The number of fused-ring (bicyclic) bond motifs is 1. The van der Waals surface area contributed by atoms with Crippen molar-refractivity contribution in [3.63, 3.8) is 0 Å². The van der Waals surface area contributed by atoms with Crippen LogP contribution in [0.1, 0.15) is 45.8 Å². The van der Waals surface area contributed by atoms with Gasteiger partial charge in [0.2, 0.25) is 0 Å². The highest BCUT2D eigenvalue weighted by molar-refractivity contribution is 6.00. The topological polar surface area (TPSA) is 64.5 Å². The molecule has 1 fully saturated rings. The molecule has 3 heterocycles. The van der Waals surface area contributed by atoms with E-state index in [0.717, 1.165) is 42.3 Å². The molecule has 5 rings (SSSR count). The van der Waals surface area contributed by atoms with Crippen LogP contribution in [-0.4, -0.2) is 41.6 Å². The Morgan fingerprint density at radius 3 is 2.72 bits per heavy atom. The van der Waals surface area contributed by atoms with Gasteiger partial charge in [-0.2, -0.15) is 0 Å². The van der Waals surface area contributed by atoms with Gasteiger partial charge < -0.3 is 14.4 Å². The van der Waals surface area contributed by atoms with Gasteiger partial charge >= 0.3 is 0 Å².